The van der Waals surface area contributed by atoms with E-state index in [1.54, 1.807) is 0 Å². The van der Waals surface area contributed by atoms with Gasteiger partial charge >= 0.3 is 17.1 Å². The maximum absolute atomic E-state index is 6.75. The van der Waals surface area contributed by atoms with Gasteiger partial charge < -0.3 is 23.1 Å². The zero-order valence-electron chi connectivity index (χ0n) is 25.0. The molecule has 0 atom stereocenters. The van der Waals surface area contributed by atoms with Crippen LogP contribution in [0.3, 0.4) is 0 Å². The zero-order chi connectivity index (χ0) is 23.4. The van der Waals surface area contributed by atoms with Crippen molar-refractivity contribution in [1.29, 1.82) is 0 Å². The first kappa shape index (κ1) is 38.6. The van der Waals surface area contributed by atoms with Gasteiger partial charge in [-0.05, 0) is 90.8 Å². The Kier molecular flexibility index (Phi) is 17.9. The van der Waals surface area contributed by atoms with E-state index in [1.807, 2.05) is 0 Å². The van der Waals surface area contributed by atoms with Gasteiger partial charge in [-0.3, -0.25) is 0 Å². The van der Waals surface area contributed by atoms with Crippen molar-refractivity contribution in [3.05, 3.63) is 25.6 Å². The molecule has 0 heterocycles. The molecule has 2 nitrogen and oxygen atoms in total. The molecule has 0 amide bonds. The first-order chi connectivity index (χ1) is 13.5. The van der Waals surface area contributed by atoms with Gasteiger partial charge in [0.1, 0.15) is 0 Å². The summed E-state index contributed by atoms with van der Waals surface area (Å²) < 4.78 is 13.1. The number of rotatable bonds is 7. The minimum absolute atomic E-state index is 0. The predicted octanol–water partition coefficient (Wildman–Crippen LogP) is 10.1. The summed E-state index contributed by atoms with van der Waals surface area (Å²) in [6.07, 6.45) is 11.4. The van der Waals surface area contributed by atoms with Gasteiger partial charge in [0.05, 0.1) is 0 Å². The number of hydrogen-bond donors (Lipinski definition) is 0. The van der Waals surface area contributed by atoms with E-state index in [4.69, 9.17) is 8.23 Å². The fraction of sp³-hybridized carbons (Fsp3) is 0.846. The molecule has 0 aromatic heterocycles. The SMILES string of the molecule is CC(C)=C(C)[Si](C)(C)O[Si](C)(C)C1CCCC1.C[Si](C)(C)O[Si](C)(C)C1CCCC1.[CH3-].[CH3-].[Fe+2]. The summed E-state index contributed by atoms with van der Waals surface area (Å²) in [5.41, 5.74) is 3.30. The molecule has 0 saturated heterocycles. The molecule has 33 heavy (non-hydrogen) atoms. The summed E-state index contributed by atoms with van der Waals surface area (Å²) in [7, 11) is -5.76. The van der Waals surface area contributed by atoms with Gasteiger partial charge in [-0.1, -0.05) is 62.1 Å². The zero-order valence-corrected chi connectivity index (χ0v) is 30.1. The van der Waals surface area contributed by atoms with Crippen molar-refractivity contribution >= 4 is 33.3 Å². The van der Waals surface area contributed by atoms with Crippen LogP contribution >= 0.6 is 0 Å². The van der Waals surface area contributed by atoms with Crippen LogP contribution in [0.25, 0.3) is 0 Å². The molecule has 0 spiro atoms. The van der Waals surface area contributed by atoms with E-state index in [2.05, 4.69) is 79.7 Å². The van der Waals surface area contributed by atoms with E-state index in [1.165, 1.54) is 62.1 Å². The summed E-state index contributed by atoms with van der Waals surface area (Å²) in [5.74, 6) is 0. The normalized spacial score (nSPS) is 17.8. The molecule has 2 saturated carbocycles. The Balaban J connectivity index is -0.000000514. The molecule has 2 fully saturated rings. The minimum Gasteiger partial charge on any atom is -0.456 e. The van der Waals surface area contributed by atoms with Crippen LogP contribution in [0, 0.1) is 14.9 Å². The van der Waals surface area contributed by atoms with E-state index >= 15 is 0 Å². The molecule has 2 rings (SSSR count). The van der Waals surface area contributed by atoms with Gasteiger partial charge in [-0.2, -0.15) is 0 Å². The molecular formula is C26H60FeO2Si4. The van der Waals surface area contributed by atoms with Crippen molar-refractivity contribution < 1.29 is 25.3 Å². The van der Waals surface area contributed by atoms with Crippen LogP contribution in [0.15, 0.2) is 10.8 Å². The molecule has 0 aromatic rings. The average molecular weight is 573 g/mol. The third-order valence-corrected chi connectivity index (χ3v) is 23.5. The topological polar surface area (TPSA) is 18.5 Å². The van der Waals surface area contributed by atoms with Crippen molar-refractivity contribution in [2.45, 2.75) is 142 Å². The molecule has 0 radical (unpaired) electrons. The first-order valence-corrected chi connectivity index (χ1v) is 24.8. The fourth-order valence-electron chi connectivity index (χ4n) is 5.53. The third-order valence-electron chi connectivity index (χ3n) is 7.42. The summed E-state index contributed by atoms with van der Waals surface area (Å²) in [4.78, 5) is 0. The van der Waals surface area contributed by atoms with Crippen LogP contribution in [0.5, 0.6) is 0 Å². The quantitative estimate of drug-likeness (QED) is 0.223. The van der Waals surface area contributed by atoms with Crippen LogP contribution in [0.2, 0.25) is 70.0 Å². The molecule has 0 unspecified atom stereocenters. The third kappa shape index (κ3) is 13.2. The van der Waals surface area contributed by atoms with Crippen LogP contribution in [0.4, 0.5) is 0 Å². The van der Waals surface area contributed by atoms with Crippen LogP contribution in [-0.2, 0) is 25.3 Å². The van der Waals surface area contributed by atoms with E-state index in [0.717, 1.165) is 11.1 Å². The predicted molar refractivity (Wildman–Crippen MR) is 159 cm³/mol. The van der Waals surface area contributed by atoms with Gasteiger partial charge in [0.2, 0.25) is 8.32 Å². The Hall–Kier alpha value is 1.05. The Bertz CT molecular complexity index is 567. The molecule has 0 aromatic carbocycles. The van der Waals surface area contributed by atoms with Crippen molar-refractivity contribution in [3.63, 3.8) is 0 Å². The monoisotopic (exact) mass is 572 g/mol. The Morgan fingerprint density at radius 2 is 0.879 bits per heavy atom. The molecule has 0 aliphatic heterocycles. The Morgan fingerprint density at radius 3 is 1.15 bits per heavy atom. The summed E-state index contributed by atoms with van der Waals surface area (Å²) in [5, 5.41) is 1.54. The standard InChI is InChI=1S/C14H30OSi2.C10H24OSi2.2CH3.Fe/c1-12(2)13(3)16(4,5)15-17(6,7)14-10-8-9-11-14;1-12(2,3)11-13(4,5)10-8-6-7-9-10;;;/h14H,8-11H2,1-7H3;10H,6-9H2,1-5H3;2*1H3;/q;;2*-1;+2. The minimum atomic E-state index is -1.63. The maximum atomic E-state index is 6.75. The van der Waals surface area contributed by atoms with E-state index in [9.17, 15) is 0 Å². The summed E-state index contributed by atoms with van der Waals surface area (Å²) >= 11 is 0. The summed E-state index contributed by atoms with van der Waals surface area (Å²) in [6, 6.07) is 0. The molecule has 0 bridgehead atoms. The Labute approximate surface area is 225 Å². The van der Waals surface area contributed by atoms with Crippen molar-refractivity contribution in [3.8, 4) is 0 Å². The maximum Gasteiger partial charge on any atom is 2.00 e. The molecule has 200 valence electrons. The second-order valence-electron chi connectivity index (χ2n) is 12.6. The van der Waals surface area contributed by atoms with Crippen molar-refractivity contribution in [2.24, 2.45) is 0 Å². The van der Waals surface area contributed by atoms with Gasteiger partial charge in [0, 0.05) is 0 Å². The second kappa shape index (κ2) is 15.3. The smallest absolute Gasteiger partial charge is 0.456 e. The molecule has 2 aliphatic carbocycles. The molecule has 7 heteroatoms. The first-order valence-electron chi connectivity index (χ1n) is 12.5. The average Bonchev–Trinajstić information content (AvgIpc) is 3.25. The molecule has 2 aliphatic rings. The summed E-state index contributed by atoms with van der Waals surface area (Å²) in [6.45, 7) is 28.1. The van der Waals surface area contributed by atoms with Gasteiger partial charge in [0.25, 0.3) is 0 Å². The van der Waals surface area contributed by atoms with Gasteiger partial charge in [-0.15, -0.1) is 0 Å². The largest absolute Gasteiger partial charge is 2.00 e. The van der Waals surface area contributed by atoms with Crippen LogP contribution in [0.1, 0.15) is 72.1 Å². The van der Waals surface area contributed by atoms with Gasteiger partial charge in [-0.25, -0.2) is 0 Å². The number of hydrogen-bond acceptors (Lipinski definition) is 2. The fourth-order valence-corrected chi connectivity index (χ4v) is 23.9. The van der Waals surface area contributed by atoms with Crippen LogP contribution in [-0.4, -0.2) is 33.3 Å². The van der Waals surface area contributed by atoms with Crippen LogP contribution < -0.4 is 0 Å². The second-order valence-corrected chi connectivity index (χ2v) is 30.3. The van der Waals surface area contributed by atoms with E-state index in [0.29, 0.717) is 0 Å². The van der Waals surface area contributed by atoms with E-state index < -0.39 is 33.3 Å². The number of allylic oxidation sites excluding steroid dienone is 2. The Morgan fingerprint density at radius 1 is 0.576 bits per heavy atom. The van der Waals surface area contributed by atoms with Gasteiger partial charge in [0.15, 0.2) is 25.0 Å². The van der Waals surface area contributed by atoms with Crippen molar-refractivity contribution in [1.82, 2.24) is 0 Å². The molecular weight excluding hydrogens is 512 g/mol. The molecule has 0 N–H and O–H groups in total. The van der Waals surface area contributed by atoms with E-state index in [-0.39, 0.29) is 31.9 Å². The van der Waals surface area contributed by atoms with Crippen molar-refractivity contribution in [2.75, 3.05) is 0 Å².